The third-order valence-corrected chi connectivity index (χ3v) is 7.17. The Morgan fingerprint density at radius 3 is 2.16 bits per heavy atom. The summed E-state index contributed by atoms with van der Waals surface area (Å²) in [6, 6.07) is 20.6. The first-order valence-corrected chi connectivity index (χ1v) is 10.7. The van der Waals surface area contributed by atoms with E-state index < -0.39 is 0 Å². The van der Waals surface area contributed by atoms with E-state index in [1.54, 1.807) is 0 Å². The van der Waals surface area contributed by atoms with E-state index in [4.69, 9.17) is 16.3 Å². The molecule has 2 rings (SSSR count). The molecule has 0 saturated carbocycles. The summed E-state index contributed by atoms with van der Waals surface area (Å²) >= 11 is 6.83. The van der Waals surface area contributed by atoms with Crippen molar-refractivity contribution in [2.24, 2.45) is 5.41 Å². The molecular formula is C21H25ClO2Se. The Labute approximate surface area is 162 Å². The molecule has 0 radical (unpaired) electrons. The quantitative estimate of drug-likeness (QED) is 0.376. The molecule has 0 aliphatic rings. The van der Waals surface area contributed by atoms with Crippen molar-refractivity contribution in [1.82, 2.24) is 0 Å². The molecule has 0 N–H and O–H groups in total. The average molecular weight is 424 g/mol. The number of carbonyl (C=O) groups excluding carboxylic acids is 1. The molecule has 0 unspecified atom stereocenters. The molecule has 0 amide bonds. The van der Waals surface area contributed by atoms with E-state index in [1.165, 1.54) is 10.0 Å². The normalized spacial score (nSPS) is 13.9. The van der Waals surface area contributed by atoms with Crippen LogP contribution in [-0.4, -0.2) is 32.9 Å². The predicted molar refractivity (Wildman–Crippen MR) is 106 cm³/mol. The number of ether oxygens (including phenoxy) is 1. The number of carbonyl (C=O) groups is 1. The summed E-state index contributed by atoms with van der Waals surface area (Å²) in [6.45, 7) is 6.55. The first-order valence-electron chi connectivity index (χ1n) is 8.41. The van der Waals surface area contributed by atoms with Crippen molar-refractivity contribution in [3.8, 4) is 0 Å². The third-order valence-electron chi connectivity index (χ3n) is 3.49. The van der Waals surface area contributed by atoms with Crippen molar-refractivity contribution in [2.45, 2.75) is 37.4 Å². The van der Waals surface area contributed by atoms with Crippen molar-refractivity contribution in [3.63, 3.8) is 0 Å². The fraction of sp³-hybridized carbons (Fsp3) is 0.381. The summed E-state index contributed by atoms with van der Waals surface area (Å²) in [5.74, 6) is -0.222. The molecule has 0 fully saturated rings. The van der Waals surface area contributed by atoms with Gasteiger partial charge < -0.3 is 0 Å². The van der Waals surface area contributed by atoms with E-state index in [9.17, 15) is 4.79 Å². The summed E-state index contributed by atoms with van der Waals surface area (Å²) in [7, 11) is 0. The number of halogens is 1. The van der Waals surface area contributed by atoms with E-state index >= 15 is 0 Å². The van der Waals surface area contributed by atoms with Crippen LogP contribution in [0, 0.1) is 5.41 Å². The zero-order valence-corrected chi connectivity index (χ0v) is 17.4. The Bertz CT molecular complexity index is 653. The van der Waals surface area contributed by atoms with Gasteiger partial charge in [-0.1, -0.05) is 0 Å². The number of esters is 1. The van der Waals surface area contributed by atoms with Gasteiger partial charge >= 0.3 is 162 Å². The van der Waals surface area contributed by atoms with Gasteiger partial charge in [0.05, 0.1) is 0 Å². The molecule has 0 aromatic heterocycles. The molecule has 2 aromatic rings. The van der Waals surface area contributed by atoms with Gasteiger partial charge in [0.2, 0.25) is 0 Å². The molecular weight excluding hydrogens is 399 g/mol. The van der Waals surface area contributed by atoms with Crippen LogP contribution in [0.2, 0.25) is 0 Å². The van der Waals surface area contributed by atoms with Crippen molar-refractivity contribution < 1.29 is 9.53 Å². The van der Waals surface area contributed by atoms with Crippen molar-refractivity contribution in [1.29, 1.82) is 0 Å². The van der Waals surface area contributed by atoms with Gasteiger partial charge in [0.25, 0.3) is 0 Å². The molecule has 4 heteroatoms. The van der Waals surface area contributed by atoms with E-state index in [0.717, 1.165) is 0 Å². The molecule has 25 heavy (non-hydrogen) atoms. The van der Waals surface area contributed by atoms with Crippen LogP contribution in [0.3, 0.4) is 0 Å². The van der Waals surface area contributed by atoms with E-state index in [0.29, 0.717) is 6.61 Å². The van der Waals surface area contributed by atoms with Crippen molar-refractivity contribution in [2.75, 3.05) is 6.61 Å². The van der Waals surface area contributed by atoms with Crippen LogP contribution in [0.5, 0.6) is 0 Å². The molecule has 134 valence electrons. The number of alkyl halides is 1. The third kappa shape index (κ3) is 7.23. The monoisotopic (exact) mass is 424 g/mol. The first-order chi connectivity index (χ1) is 11.8. The molecule has 0 bridgehead atoms. The molecule has 0 heterocycles. The molecule has 2 atom stereocenters. The average Bonchev–Trinajstić information content (AvgIpc) is 2.59. The SMILES string of the molecule is CC(C)(C)COC(=O)C[C@@H](Cl)[C@@H]([Se]c1ccccc1)c1ccccc1. The van der Waals surface area contributed by atoms with Gasteiger partial charge in [-0.15, -0.1) is 0 Å². The Balaban J connectivity index is 2.08. The maximum atomic E-state index is 12.2. The number of hydrogen-bond donors (Lipinski definition) is 0. The molecule has 0 aliphatic carbocycles. The zero-order chi connectivity index (χ0) is 18.3. The second-order valence-electron chi connectivity index (χ2n) is 7.20. The fourth-order valence-corrected chi connectivity index (χ4v) is 5.20. The van der Waals surface area contributed by atoms with Crippen LogP contribution < -0.4 is 4.46 Å². The molecule has 0 aliphatic heterocycles. The van der Waals surface area contributed by atoms with Gasteiger partial charge in [0.15, 0.2) is 0 Å². The Kier molecular flexibility index (Phi) is 7.55. The second-order valence-corrected chi connectivity index (χ2v) is 10.3. The summed E-state index contributed by atoms with van der Waals surface area (Å²) in [6.07, 6.45) is 0.228. The van der Waals surface area contributed by atoms with Crippen LogP contribution in [0.1, 0.15) is 37.6 Å². The topological polar surface area (TPSA) is 26.3 Å². The van der Waals surface area contributed by atoms with Crippen LogP contribution in [0.15, 0.2) is 60.7 Å². The van der Waals surface area contributed by atoms with E-state index in [2.05, 4.69) is 24.3 Å². The minimum atomic E-state index is -0.282. The number of hydrogen-bond acceptors (Lipinski definition) is 2. The van der Waals surface area contributed by atoms with Gasteiger partial charge in [-0.05, 0) is 0 Å². The van der Waals surface area contributed by atoms with Gasteiger partial charge in [-0.3, -0.25) is 0 Å². The molecule has 0 spiro atoms. The van der Waals surface area contributed by atoms with Crippen LogP contribution in [0.25, 0.3) is 0 Å². The number of rotatable bonds is 7. The summed E-state index contributed by atoms with van der Waals surface area (Å²) in [5, 5.41) is -0.282. The first kappa shape index (κ1) is 20.0. The van der Waals surface area contributed by atoms with E-state index in [1.807, 2.05) is 57.2 Å². The van der Waals surface area contributed by atoms with E-state index in [-0.39, 0.29) is 43.0 Å². The van der Waals surface area contributed by atoms with Crippen LogP contribution in [0.4, 0.5) is 0 Å². The van der Waals surface area contributed by atoms with Crippen LogP contribution in [-0.2, 0) is 9.53 Å². The van der Waals surface area contributed by atoms with Crippen molar-refractivity contribution >= 4 is 37.0 Å². The van der Waals surface area contributed by atoms with Gasteiger partial charge in [-0.25, -0.2) is 0 Å². The minimum absolute atomic E-state index is 0.0374. The number of benzene rings is 2. The van der Waals surface area contributed by atoms with Gasteiger partial charge in [0.1, 0.15) is 0 Å². The standard InChI is InChI=1S/C21H25ClO2Se/c1-21(2,3)15-24-19(23)14-18(22)20(16-10-6-4-7-11-16)25-17-12-8-5-9-13-17/h4-13,18,20H,14-15H2,1-3H3/t18-,20+/m1/s1. The predicted octanol–water partition coefficient (Wildman–Crippen LogP) is 4.34. The zero-order valence-electron chi connectivity index (χ0n) is 14.9. The Morgan fingerprint density at radius 1 is 1.04 bits per heavy atom. The molecule has 2 aromatic carbocycles. The van der Waals surface area contributed by atoms with Gasteiger partial charge in [0, 0.05) is 0 Å². The molecule has 2 nitrogen and oxygen atoms in total. The second kappa shape index (κ2) is 9.43. The molecule has 0 saturated heterocycles. The summed E-state index contributed by atoms with van der Waals surface area (Å²) in [4.78, 5) is 12.3. The Morgan fingerprint density at radius 2 is 1.60 bits per heavy atom. The summed E-state index contributed by atoms with van der Waals surface area (Å²) < 4.78 is 6.67. The fourth-order valence-electron chi connectivity index (χ4n) is 2.26. The van der Waals surface area contributed by atoms with Crippen LogP contribution >= 0.6 is 11.6 Å². The Hall–Kier alpha value is -1.28. The van der Waals surface area contributed by atoms with Crippen molar-refractivity contribution in [3.05, 3.63) is 66.2 Å². The maximum absolute atomic E-state index is 12.2. The van der Waals surface area contributed by atoms with Gasteiger partial charge in [-0.2, -0.15) is 0 Å². The summed E-state index contributed by atoms with van der Waals surface area (Å²) in [5.41, 5.74) is 1.14.